The average molecular weight is 274 g/mol. The number of thiazole rings is 1. The topological polar surface area (TPSA) is 45.1 Å². The summed E-state index contributed by atoms with van der Waals surface area (Å²) in [5.74, 6) is 0. The summed E-state index contributed by atoms with van der Waals surface area (Å²) in [6.45, 7) is 1.21. The molecule has 1 aromatic heterocycles. The molecule has 4 heteroatoms. The van der Waals surface area contributed by atoms with E-state index in [-0.39, 0.29) is 6.61 Å². The number of aromatic nitrogens is 1. The van der Waals surface area contributed by atoms with Crippen LogP contribution in [0.2, 0.25) is 0 Å². The van der Waals surface area contributed by atoms with Crippen molar-refractivity contribution in [3.63, 3.8) is 0 Å². The van der Waals surface area contributed by atoms with E-state index in [0.29, 0.717) is 5.41 Å². The SMILES string of the molecule is OCCC1(CNc2ncc(-c3ccccc3)s2)CC1. The zero-order chi connectivity index (χ0) is 13.1. The molecule has 1 aromatic carbocycles. The molecule has 2 aromatic rings. The lowest BCUT2D eigenvalue weighted by Gasteiger charge is -2.13. The molecule has 0 bridgehead atoms. The van der Waals surface area contributed by atoms with Crippen LogP contribution in [0.4, 0.5) is 5.13 Å². The Balaban J connectivity index is 1.63. The number of rotatable bonds is 6. The first kappa shape index (κ1) is 12.6. The van der Waals surface area contributed by atoms with Crippen molar-refractivity contribution < 1.29 is 5.11 Å². The van der Waals surface area contributed by atoms with Crippen molar-refractivity contribution in [3.8, 4) is 10.4 Å². The Bertz CT molecular complexity index is 534. The Kier molecular flexibility index (Phi) is 3.53. The molecule has 1 saturated carbocycles. The van der Waals surface area contributed by atoms with Crippen LogP contribution >= 0.6 is 11.3 Å². The maximum atomic E-state index is 9.05. The molecule has 0 saturated heterocycles. The quantitative estimate of drug-likeness (QED) is 0.848. The number of aliphatic hydroxyl groups is 1. The highest BCUT2D eigenvalue weighted by molar-refractivity contribution is 7.18. The van der Waals surface area contributed by atoms with Gasteiger partial charge >= 0.3 is 0 Å². The summed E-state index contributed by atoms with van der Waals surface area (Å²) in [4.78, 5) is 5.62. The second-order valence-corrected chi connectivity index (χ2v) is 6.25. The Hall–Kier alpha value is -1.39. The number of nitrogens with one attached hydrogen (secondary N) is 1. The third kappa shape index (κ3) is 2.96. The van der Waals surface area contributed by atoms with Crippen LogP contribution in [-0.4, -0.2) is 23.2 Å². The predicted molar refractivity (Wildman–Crippen MR) is 79.4 cm³/mol. The molecule has 0 radical (unpaired) electrons. The number of anilines is 1. The van der Waals surface area contributed by atoms with Crippen molar-refractivity contribution >= 4 is 16.5 Å². The monoisotopic (exact) mass is 274 g/mol. The predicted octanol–water partition coefficient (Wildman–Crippen LogP) is 3.38. The summed E-state index contributed by atoms with van der Waals surface area (Å²) in [6, 6.07) is 10.3. The Morgan fingerprint density at radius 1 is 1.26 bits per heavy atom. The third-order valence-corrected chi connectivity index (χ3v) is 4.78. The van der Waals surface area contributed by atoms with E-state index < -0.39 is 0 Å². The number of hydrogen-bond acceptors (Lipinski definition) is 4. The van der Waals surface area contributed by atoms with Gasteiger partial charge < -0.3 is 10.4 Å². The van der Waals surface area contributed by atoms with E-state index in [1.807, 2.05) is 24.4 Å². The number of nitrogens with zero attached hydrogens (tertiary/aromatic N) is 1. The van der Waals surface area contributed by atoms with Gasteiger partial charge in [0, 0.05) is 19.3 Å². The first-order valence-corrected chi connectivity index (χ1v) is 7.49. The molecule has 0 amide bonds. The molecule has 0 unspecified atom stereocenters. The van der Waals surface area contributed by atoms with Crippen LogP contribution in [0.3, 0.4) is 0 Å². The van der Waals surface area contributed by atoms with Crippen molar-refractivity contribution in [2.75, 3.05) is 18.5 Å². The standard InChI is InChI=1S/C15H18N2OS/c18-9-8-15(6-7-15)11-17-14-16-10-13(19-14)12-4-2-1-3-5-12/h1-5,10,18H,6-9,11H2,(H,16,17). The maximum absolute atomic E-state index is 9.05. The van der Waals surface area contributed by atoms with Crippen LogP contribution in [0, 0.1) is 5.41 Å². The van der Waals surface area contributed by atoms with Gasteiger partial charge in [-0.05, 0) is 30.2 Å². The molecular formula is C15H18N2OS. The van der Waals surface area contributed by atoms with Gasteiger partial charge in [0.2, 0.25) is 0 Å². The minimum absolute atomic E-state index is 0.287. The Morgan fingerprint density at radius 3 is 2.74 bits per heavy atom. The van der Waals surface area contributed by atoms with E-state index in [1.165, 1.54) is 23.3 Å². The zero-order valence-electron chi connectivity index (χ0n) is 10.8. The molecule has 19 heavy (non-hydrogen) atoms. The minimum atomic E-state index is 0.287. The molecule has 0 spiro atoms. The molecule has 1 fully saturated rings. The fraction of sp³-hybridized carbons (Fsp3) is 0.400. The highest BCUT2D eigenvalue weighted by atomic mass is 32.1. The first-order chi connectivity index (χ1) is 9.31. The summed E-state index contributed by atoms with van der Waals surface area (Å²) >= 11 is 1.69. The number of aliphatic hydroxyl groups excluding tert-OH is 1. The fourth-order valence-corrected chi connectivity index (χ4v) is 3.10. The molecule has 0 atom stereocenters. The fourth-order valence-electron chi connectivity index (χ4n) is 2.28. The zero-order valence-corrected chi connectivity index (χ0v) is 11.6. The molecular weight excluding hydrogens is 256 g/mol. The van der Waals surface area contributed by atoms with E-state index in [4.69, 9.17) is 5.11 Å². The van der Waals surface area contributed by atoms with Crippen LogP contribution in [0.1, 0.15) is 19.3 Å². The van der Waals surface area contributed by atoms with Crippen molar-refractivity contribution in [2.45, 2.75) is 19.3 Å². The Labute approximate surface area is 117 Å². The van der Waals surface area contributed by atoms with Gasteiger partial charge in [-0.2, -0.15) is 0 Å². The van der Waals surface area contributed by atoms with Gasteiger partial charge in [-0.1, -0.05) is 41.7 Å². The summed E-state index contributed by atoms with van der Waals surface area (Å²) in [7, 11) is 0. The normalized spacial score (nSPS) is 16.3. The molecule has 1 aliphatic rings. The van der Waals surface area contributed by atoms with Crippen molar-refractivity contribution in [1.29, 1.82) is 0 Å². The summed E-state index contributed by atoms with van der Waals surface area (Å²) in [5.41, 5.74) is 1.54. The van der Waals surface area contributed by atoms with Crippen molar-refractivity contribution in [3.05, 3.63) is 36.5 Å². The molecule has 3 rings (SSSR count). The van der Waals surface area contributed by atoms with Gasteiger partial charge in [-0.15, -0.1) is 0 Å². The van der Waals surface area contributed by atoms with E-state index in [2.05, 4.69) is 22.4 Å². The molecule has 100 valence electrons. The molecule has 0 aliphatic heterocycles. The van der Waals surface area contributed by atoms with Crippen molar-refractivity contribution in [2.24, 2.45) is 5.41 Å². The molecule has 3 nitrogen and oxygen atoms in total. The van der Waals surface area contributed by atoms with Crippen LogP contribution in [-0.2, 0) is 0 Å². The second-order valence-electron chi connectivity index (χ2n) is 5.22. The highest BCUT2D eigenvalue weighted by Crippen LogP contribution is 2.48. The van der Waals surface area contributed by atoms with E-state index in [9.17, 15) is 0 Å². The molecule has 1 heterocycles. The lowest BCUT2D eigenvalue weighted by molar-refractivity contribution is 0.253. The molecule has 1 aliphatic carbocycles. The summed E-state index contributed by atoms with van der Waals surface area (Å²) in [6.07, 6.45) is 5.26. The van der Waals surface area contributed by atoms with E-state index in [0.717, 1.165) is 18.1 Å². The van der Waals surface area contributed by atoms with Gasteiger partial charge in [0.1, 0.15) is 0 Å². The van der Waals surface area contributed by atoms with Crippen LogP contribution in [0.25, 0.3) is 10.4 Å². The smallest absolute Gasteiger partial charge is 0.183 e. The maximum Gasteiger partial charge on any atom is 0.183 e. The van der Waals surface area contributed by atoms with E-state index >= 15 is 0 Å². The molecule has 2 N–H and O–H groups in total. The van der Waals surface area contributed by atoms with Crippen LogP contribution < -0.4 is 5.32 Å². The van der Waals surface area contributed by atoms with Crippen molar-refractivity contribution in [1.82, 2.24) is 4.98 Å². The Morgan fingerprint density at radius 2 is 2.05 bits per heavy atom. The van der Waals surface area contributed by atoms with Crippen LogP contribution in [0.15, 0.2) is 36.5 Å². The second kappa shape index (κ2) is 5.31. The summed E-state index contributed by atoms with van der Waals surface area (Å²) in [5, 5.41) is 13.4. The third-order valence-electron chi connectivity index (χ3n) is 3.78. The average Bonchev–Trinajstić information content (AvgIpc) is 3.05. The van der Waals surface area contributed by atoms with Gasteiger partial charge in [0.25, 0.3) is 0 Å². The number of benzene rings is 1. The number of hydrogen-bond donors (Lipinski definition) is 2. The van der Waals surface area contributed by atoms with Gasteiger partial charge in [0.05, 0.1) is 4.88 Å². The van der Waals surface area contributed by atoms with Crippen LogP contribution in [0.5, 0.6) is 0 Å². The lowest BCUT2D eigenvalue weighted by Crippen LogP contribution is -2.16. The first-order valence-electron chi connectivity index (χ1n) is 6.67. The van der Waals surface area contributed by atoms with E-state index in [1.54, 1.807) is 11.3 Å². The summed E-state index contributed by atoms with van der Waals surface area (Å²) < 4.78 is 0. The highest BCUT2D eigenvalue weighted by Gasteiger charge is 2.41. The van der Waals surface area contributed by atoms with Gasteiger partial charge in [-0.25, -0.2) is 4.98 Å². The lowest BCUT2D eigenvalue weighted by atomic mass is 10.0. The van der Waals surface area contributed by atoms with Gasteiger partial charge in [-0.3, -0.25) is 0 Å². The minimum Gasteiger partial charge on any atom is -0.396 e. The van der Waals surface area contributed by atoms with Gasteiger partial charge in [0.15, 0.2) is 5.13 Å². The largest absolute Gasteiger partial charge is 0.396 e.